The summed E-state index contributed by atoms with van der Waals surface area (Å²) < 4.78 is -2.12. The first kappa shape index (κ1) is 9.01. The molecule has 0 heterocycles. The highest BCUT2D eigenvalue weighted by Crippen LogP contribution is 2.26. The molecule has 9 heavy (non-hydrogen) atoms. The van der Waals surface area contributed by atoms with E-state index in [0.29, 0.717) is 0 Å². The van der Waals surface area contributed by atoms with Crippen LogP contribution in [-0.2, 0) is 4.79 Å². The van der Waals surface area contributed by atoms with Crippen molar-refractivity contribution in [2.75, 3.05) is 0 Å². The number of halogens is 3. The van der Waals surface area contributed by atoms with Crippen LogP contribution in [0.1, 0.15) is 0 Å². The molecular weight excluding hydrogens is 188 g/mol. The van der Waals surface area contributed by atoms with Gasteiger partial charge in [-0.2, -0.15) is 0 Å². The molecule has 0 aliphatic carbocycles. The summed E-state index contributed by atoms with van der Waals surface area (Å²) in [6.07, 6.45) is 0. The van der Waals surface area contributed by atoms with E-state index in [9.17, 15) is 4.79 Å². The third-order valence-electron chi connectivity index (χ3n) is 0.497. The van der Waals surface area contributed by atoms with Gasteiger partial charge in [0.25, 0.3) is 0 Å². The average molecular weight is 190 g/mol. The molecule has 0 spiro atoms. The van der Waals surface area contributed by atoms with Gasteiger partial charge >= 0.3 is 5.97 Å². The lowest BCUT2D eigenvalue weighted by molar-refractivity contribution is -0.129. The van der Waals surface area contributed by atoms with Crippen LogP contribution in [0.15, 0.2) is 0 Å². The summed E-state index contributed by atoms with van der Waals surface area (Å²) >= 11 is 15.0. The normalized spacial score (nSPS) is 11.0. The Morgan fingerprint density at radius 3 is 1.78 bits per heavy atom. The highest BCUT2D eigenvalue weighted by atomic mass is 35.6. The van der Waals surface area contributed by atoms with E-state index < -0.39 is 15.5 Å². The zero-order chi connectivity index (χ0) is 7.65. The van der Waals surface area contributed by atoms with Crippen molar-refractivity contribution in [3.8, 4) is 0 Å². The molecule has 0 amide bonds. The Morgan fingerprint density at radius 1 is 1.44 bits per heavy atom. The minimum absolute atomic E-state index is 0.951. The fraction of sp³-hybridized carbons (Fsp3) is 0.333. The van der Waals surface area contributed by atoms with E-state index in [1.807, 2.05) is 0 Å². The maximum absolute atomic E-state index is 9.87. The molecule has 0 aromatic heterocycles. The van der Waals surface area contributed by atoms with Gasteiger partial charge in [-0.1, -0.05) is 34.8 Å². The van der Waals surface area contributed by atoms with Gasteiger partial charge in [0.1, 0.15) is 0 Å². The molecule has 0 aliphatic heterocycles. The van der Waals surface area contributed by atoms with Gasteiger partial charge in [-0.3, -0.25) is 5.41 Å². The monoisotopic (exact) mass is 189 g/mol. The summed E-state index contributed by atoms with van der Waals surface area (Å²) in [6.45, 7) is 0. The second-order valence-corrected chi connectivity index (χ2v) is 3.46. The predicted molar refractivity (Wildman–Crippen MR) is 35.7 cm³/mol. The Labute approximate surface area is 66.0 Å². The lowest BCUT2D eigenvalue weighted by Gasteiger charge is -2.06. The Bertz CT molecular complexity index is 150. The topological polar surface area (TPSA) is 61.2 Å². The summed E-state index contributed by atoms with van der Waals surface area (Å²) in [5.41, 5.74) is -0.951. The number of carboxylic acids is 1. The Morgan fingerprint density at radius 2 is 1.78 bits per heavy atom. The third kappa shape index (κ3) is 2.89. The molecule has 0 bridgehead atoms. The summed E-state index contributed by atoms with van der Waals surface area (Å²) in [5, 5.41) is 14.6. The number of alkyl halides is 3. The second-order valence-electron chi connectivity index (χ2n) is 1.18. The first-order valence-electron chi connectivity index (χ1n) is 1.74. The van der Waals surface area contributed by atoms with Crippen molar-refractivity contribution in [1.29, 1.82) is 5.41 Å². The fourth-order valence-electron chi connectivity index (χ4n) is 0.121. The van der Waals surface area contributed by atoms with Crippen molar-refractivity contribution in [3.05, 3.63) is 0 Å². The first-order chi connectivity index (χ1) is 3.85. The predicted octanol–water partition coefficient (Wildman–Crippen LogP) is 1.46. The molecule has 0 aliphatic rings. The SMILES string of the molecule is N=C(C(=O)O)C(Cl)(Cl)Cl. The molecule has 0 rings (SSSR count). The Balaban J connectivity index is 4.23. The van der Waals surface area contributed by atoms with Crippen LogP contribution in [0, 0.1) is 5.41 Å². The van der Waals surface area contributed by atoms with Gasteiger partial charge in [-0.25, -0.2) is 4.79 Å². The summed E-state index contributed by atoms with van der Waals surface area (Å²) in [5.74, 6) is -1.53. The van der Waals surface area contributed by atoms with Crippen molar-refractivity contribution >= 4 is 46.5 Å². The summed E-state index contributed by atoms with van der Waals surface area (Å²) in [4.78, 5) is 9.87. The highest BCUT2D eigenvalue weighted by molar-refractivity contribution is 6.81. The average Bonchev–Trinajstić information content (AvgIpc) is 1.62. The van der Waals surface area contributed by atoms with Crippen molar-refractivity contribution in [3.63, 3.8) is 0 Å². The molecule has 0 saturated carbocycles. The Hall–Kier alpha value is 0.01000. The number of hydrogen-bond acceptors (Lipinski definition) is 2. The van der Waals surface area contributed by atoms with E-state index in [-0.39, 0.29) is 0 Å². The molecule has 0 aromatic rings. The summed E-state index contributed by atoms with van der Waals surface area (Å²) in [7, 11) is 0. The van der Waals surface area contributed by atoms with E-state index >= 15 is 0 Å². The van der Waals surface area contributed by atoms with Gasteiger partial charge < -0.3 is 5.11 Å². The minimum atomic E-state index is -2.12. The van der Waals surface area contributed by atoms with Gasteiger partial charge in [0.15, 0.2) is 5.71 Å². The molecule has 6 heteroatoms. The number of carbonyl (C=O) groups is 1. The smallest absolute Gasteiger partial charge is 0.354 e. The number of nitrogens with one attached hydrogen (secondary N) is 1. The van der Waals surface area contributed by atoms with Gasteiger partial charge in [-0.15, -0.1) is 0 Å². The largest absolute Gasteiger partial charge is 0.477 e. The standard InChI is InChI=1S/C3H2Cl3NO2/c4-3(5,6)1(7)2(8)9/h7H,(H,8,9). The minimum Gasteiger partial charge on any atom is -0.477 e. The first-order valence-corrected chi connectivity index (χ1v) is 2.88. The summed E-state index contributed by atoms with van der Waals surface area (Å²) in [6, 6.07) is 0. The van der Waals surface area contributed by atoms with E-state index in [2.05, 4.69) is 0 Å². The molecule has 0 aromatic carbocycles. The van der Waals surface area contributed by atoms with Gasteiger partial charge in [0.2, 0.25) is 3.79 Å². The van der Waals surface area contributed by atoms with Crippen LogP contribution < -0.4 is 0 Å². The zero-order valence-corrected chi connectivity index (χ0v) is 6.26. The van der Waals surface area contributed by atoms with Crippen LogP contribution in [-0.4, -0.2) is 20.6 Å². The molecule has 52 valence electrons. The van der Waals surface area contributed by atoms with E-state index in [4.69, 9.17) is 45.3 Å². The van der Waals surface area contributed by atoms with Crippen molar-refractivity contribution in [1.82, 2.24) is 0 Å². The quantitative estimate of drug-likeness (QED) is 0.486. The van der Waals surface area contributed by atoms with Crippen LogP contribution >= 0.6 is 34.8 Å². The maximum Gasteiger partial charge on any atom is 0.354 e. The van der Waals surface area contributed by atoms with Crippen LogP contribution in [0.4, 0.5) is 0 Å². The lowest BCUT2D eigenvalue weighted by atomic mass is 10.4. The van der Waals surface area contributed by atoms with Crippen molar-refractivity contribution in [2.45, 2.75) is 3.79 Å². The van der Waals surface area contributed by atoms with Crippen molar-refractivity contribution in [2.24, 2.45) is 0 Å². The number of aliphatic carboxylic acids is 1. The Kier molecular flexibility index (Phi) is 2.73. The molecule has 2 N–H and O–H groups in total. The second kappa shape index (κ2) is 2.73. The number of hydrogen-bond donors (Lipinski definition) is 2. The zero-order valence-electron chi connectivity index (χ0n) is 3.99. The van der Waals surface area contributed by atoms with Gasteiger partial charge in [0, 0.05) is 0 Å². The number of carboxylic acid groups (broad SMARTS) is 1. The molecule has 3 nitrogen and oxygen atoms in total. The lowest BCUT2D eigenvalue weighted by Crippen LogP contribution is -2.26. The molecule has 0 fully saturated rings. The van der Waals surface area contributed by atoms with Crippen LogP contribution in [0.5, 0.6) is 0 Å². The van der Waals surface area contributed by atoms with Crippen molar-refractivity contribution < 1.29 is 9.90 Å². The van der Waals surface area contributed by atoms with Gasteiger partial charge in [0.05, 0.1) is 0 Å². The van der Waals surface area contributed by atoms with E-state index in [1.54, 1.807) is 0 Å². The highest BCUT2D eigenvalue weighted by Gasteiger charge is 2.31. The molecule has 0 saturated heterocycles. The van der Waals surface area contributed by atoms with Gasteiger partial charge in [-0.05, 0) is 0 Å². The van der Waals surface area contributed by atoms with E-state index in [1.165, 1.54) is 0 Å². The fourth-order valence-corrected chi connectivity index (χ4v) is 0.364. The molecule has 0 unspecified atom stereocenters. The van der Waals surface area contributed by atoms with E-state index in [0.717, 1.165) is 0 Å². The molecule has 0 atom stereocenters. The molecule has 0 radical (unpaired) electrons. The maximum atomic E-state index is 9.87. The van der Waals surface area contributed by atoms with Crippen LogP contribution in [0.3, 0.4) is 0 Å². The number of rotatable bonds is 1. The molecular formula is C3H2Cl3NO2. The third-order valence-corrected chi connectivity index (χ3v) is 1.06. The van der Waals surface area contributed by atoms with Crippen LogP contribution in [0.25, 0.3) is 0 Å². The van der Waals surface area contributed by atoms with Crippen LogP contribution in [0.2, 0.25) is 0 Å².